The van der Waals surface area contributed by atoms with E-state index < -0.39 is 0 Å². The minimum absolute atomic E-state index is 0.730. The van der Waals surface area contributed by atoms with Crippen LogP contribution in [-0.4, -0.2) is 24.5 Å². The van der Waals surface area contributed by atoms with Crippen molar-refractivity contribution in [3.05, 3.63) is 23.5 Å². The first kappa shape index (κ1) is 9.41. The average Bonchev–Trinajstić information content (AvgIpc) is 2.82. The van der Waals surface area contributed by atoms with Crippen molar-refractivity contribution in [3.63, 3.8) is 0 Å². The van der Waals surface area contributed by atoms with E-state index in [2.05, 4.69) is 24.5 Å². The number of aromatic amines is 1. The molecule has 0 aliphatic heterocycles. The molecule has 0 bridgehead atoms. The largest absolute Gasteiger partial charge is 0.336 e. The molecule has 0 saturated heterocycles. The summed E-state index contributed by atoms with van der Waals surface area (Å²) in [5, 5.41) is 3.97. The summed E-state index contributed by atoms with van der Waals surface area (Å²) < 4.78 is 3.90. The van der Waals surface area contributed by atoms with Crippen LogP contribution in [0.1, 0.15) is 11.3 Å². The molecule has 0 atom stereocenters. The van der Waals surface area contributed by atoms with Gasteiger partial charge in [-0.25, -0.2) is 9.97 Å². The van der Waals surface area contributed by atoms with Crippen molar-refractivity contribution >= 4 is 22.7 Å². The maximum atomic E-state index is 4.42. The third kappa shape index (κ3) is 1.38. The Hall–Kier alpha value is -1.82. The maximum Gasteiger partial charge on any atom is 0.178 e. The highest BCUT2D eigenvalue weighted by Gasteiger charge is 2.11. The van der Waals surface area contributed by atoms with Crippen LogP contribution in [0, 0.1) is 13.8 Å². The molecule has 0 amide bonds. The molecule has 0 radical (unpaired) electrons. The van der Waals surface area contributed by atoms with Gasteiger partial charge in [0.1, 0.15) is 4.88 Å². The molecule has 0 spiro atoms. The van der Waals surface area contributed by atoms with Crippen molar-refractivity contribution in [1.29, 1.82) is 0 Å². The van der Waals surface area contributed by atoms with Gasteiger partial charge in [-0.05, 0) is 37.0 Å². The van der Waals surface area contributed by atoms with Crippen LogP contribution in [0.4, 0.5) is 0 Å². The predicted octanol–water partition coefficient (Wildman–Crippen LogP) is 2.09. The van der Waals surface area contributed by atoms with Gasteiger partial charge >= 0.3 is 0 Å². The van der Waals surface area contributed by atoms with Crippen LogP contribution in [0.3, 0.4) is 0 Å². The number of nitrogens with zero attached hydrogens (tertiary/aromatic N) is 4. The van der Waals surface area contributed by atoms with Gasteiger partial charge in [-0.1, -0.05) is 4.49 Å². The zero-order valence-corrected chi connectivity index (χ0v) is 9.67. The lowest BCUT2D eigenvalue weighted by Gasteiger charge is -1.89. The number of rotatable bonds is 1. The van der Waals surface area contributed by atoms with Crippen molar-refractivity contribution in [3.8, 4) is 10.7 Å². The number of hydrogen-bond acceptors (Lipinski definition) is 5. The molecule has 3 aromatic rings. The molecule has 5 nitrogen and oxygen atoms in total. The molecule has 0 saturated carbocycles. The van der Waals surface area contributed by atoms with Crippen LogP contribution in [0.2, 0.25) is 0 Å². The van der Waals surface area contributed by atoms with Gasteiger partial charge in [-0.3, -0.25) is 0 Å². The molecule has 80 valence electrons. The summed E-state index contributed by atoms with van der Waals surface area (Å²) in [6.45, 7) is 3.93. The van der Waals surface area contributed by atoms with Crippen LogP contribution in [0.5, 0.6) is 0 Å². The number of aryl methyl sites for hydroxylation is 2. The number of imidazole rings is 1. The van der Waals surface area contributed by atoms with Crippen LogP contribution >= 0.6 is 11.5 Å². The molecule has 0 fully saturated rings. The number of hydrogen-bond donors (Lipinski definition) is 1. The third-order valence-corrected chi connectivity index (χ3v) is 3.18. The number of aromatic nitrogens is 5. The standard InChI is InChI=1S/C10H9N5S/c1-5-3-7-9(11-4-5)13-10(12-7)8-6(2)14-15-16-8/h3-4H,1-2H3,(H,11,12,13). The summed E-state index contributed by atoms with van der Waals surface area (Å²) in [7, 11) is 0. The Morgan fingerprint density at radius 3 is 2.94 bits per heavy atom. The molecule has 3 heterocycles. The molecule has 0 unspecified atom stereocenters. The van der Waals surface area contributed by atoms with Crippen molar-refractivity contribution in [1.82, 2.24) is 24.5 Å². The lowest BCUT2D eigenvalue weighted by atomic mass is 10.3. The van der Waals surface area contributed by atoms with Crippen LogP contribution < -0.4 is 0 Å². The molecule has 3 aromatic heterocycles. The monoisotopic (exact) mass is 231 g/mol. The topological polar surface area (TPSA) is 67.3 Å². The van der Waals surface area contributed by atoms with E-state index in [9.17, 15) is 0 Å². The Kier molecular flexibility index (Phi) is 1.97. The van der Waals surface area contributed by atoms with Gasteiger partial charge in [0.15, 0.2) is 11.5 Å². The first-order chi connectivity index (χ1) is 7.74. The molecule has 0 aliphatic carbocycles. The van der Waals surface area contributed by atoms with E-state index in [0.29, 0.717) is 0 Å². The van der Waals surface area contributed by atoms with Crippen molar-refractivity contribution in [2.45, 2.75) is 13.8 Å². The zero-order valence-electron chi connectivity index (χ0n) is 8.85. The Morgan fingerprint density at radius 2 is 2.19 bits per heavy atom. The average molecular weight is 231 g/mol. The molecular formula is C10H9N5S. The summed E-state index contributed by atoms with van der Waals surface area (Å²) in [6, 6.07) is 2.03. The van der Waals surface area contributed by atoms with E-state index in [-0.39, 0.29) is 0 Å². The lowest BCUT2D eigenvalue weighted by molar-refractivity contribution is 1.09. The highest BCUT2D eigenvalue weighted by Crippen LogP contribution is 2.24. The maximum absolute atomic E-state index is 4.42. The molecule has 3 rings (SSSR count). The van der Waals surface area contributed by atoms with Crippen molar-refractivity contribution in [2.75, 3.05) is 0 Å². The Balaban J connectivity index is 2.23. The van der Waals surface area contributed by atoms with Crippen LogP contribution in [-0.2, 0) is 0 Å². The number of pyridine rings is 1. The quantitative estimate of drug-likeness (QED) is 0.696. The second-order valence-corrected chi connectivity index (χ2v) is 4.41. The van der Waals surface area contributed by atoms with E-state index in [0.717, 1.165) is 33.1 Å². The molecule has 0 aliphatic rings. The summed E-state index contributed by atoms with van der Waals surface area (Å²) in [6.07, 6.45) is 1.81. The van der Waals surface area contributed by atoms with Gasteiger partial charge in [0.2, 0.25) is 0 Å². The number of nitrogens with one attached hydrogen (secondary N) is 1. The molecule has 6 heteroatoms. The molecular weight excluding hydrogens is 222 g/mol. The smallest absolute Gasteiger partial charge is 0.178 e. The fourth-order valence-electron chi connectivity index (χ4n) is 1.56. The van der Waals surface area contributed by atoms with E-state index in [4.69, 9.17) is 0 Å². The SMILES string of the molecule is Cc1cnc2nc(-c3snnc3C)[nH]c2c1. The summed E-state index contributed by atoms with van der Waals surface area (Å²) in [5.74, 6) is 0.792. The van der Waals surface area contributed by atoms with E-state index in [1.807, 2.05) is 26.1 Å². The van der Waals surface area contributed by atoms with Crippen LogP contribution in [0.15, 0.2) is 12.3 Å². The van der Waals surface area contributed by atoms with Crippen LogP contribution in [0.25, 0.3) is 21.9 Å². The van der Waals surface area contributed by atoms with E-state index >= 15 is 0 Å². The first-order valence-electron chi connectivity index (χ1n) is 4.86. The van der Waals surface area contributed by atoms with Gasteiger partial charge in [0.25, 0.3) is 0 Å². The summed E-state index contributed by atoms with van der Waals surface area (Å²) >= 11 is 1.34. The second-order valence-electron chi connectivity index (χ2n) is 3.66. The molecule has 0 aromatic carbocycles. The van der Waals surface area contributed by atoms with Gasteiger partial charge in [0, 0.05) is 6.20 Å². The fourth-order valence-corrected chi connectivity index (χ4v) is 2.16. The van der Waals surface area contributed by atoms with Gasteiger partial charge in [0.05, 0.1) is 11.2 Å². The Labute approximate surface area is 95.7 Å². The highest BCUT2D eigenvalue weighted by atomic mass is 32.1. The molecule has 16 heavy (non-hydrogen) atoms. The summed E-state index contributed by atoms with van der Waals surface area (Å²) in [5.41, 5.74) is 3.68. The second kappa shape index (κ2) is 3.34. The fraction of sp³-hybridized carbons (Fsp3) is 0.200. The van der Waals surface area contributed by atoms with Crippen molar-refractivity contribution in [2.24, 2.45) is 0 Å². The van der Waals surface area contributed by atoms with Gasteiger partial charge in [-0.15, -0.1) is 5.10 Å². The lowest BCUT2D eigenvalue weighted by Crippen LogP contribution is -1.79. The normalized spacial score (nSPS) is 11.1. The van der Waals surface area contributed by atoms with E-state index in [1.165, 1.54) is 11.5 Å². The van der Waals surface area contributed by atoms with Crippen molar-refractivity contribution < 1.29 is 0 Å². The summed E-state index contributed by atoms with van der Waals surface area (Å²) in [4.78, 5) is 12.9. The number of H-pyrrole nitrogens is 1. The van der Waals surface area contributed by atoms with Gasteiger partial charge in [-0.2, -0.15) is 0 Å². The van der Waals surface area contributed by atoms with Gasteiger partial charge < -0.3 is 4.98 Å². The third-order valence-electron chi connectivity index (χ3n) is 2.34. The van der Waals surface area contributed by atoms with E-state index in [1.54, 1.807) is 0 Å². The number of fused-ring (bicyclic) bond motifs is 1. The Morgan fingerprint density at radius 1 is 1.31 bits per heavy atom. The minimum atomic E-state index is 0.730. The zero-order chi connectivity index (χ0) is 11.1. The Bertz CT molecular complexity index is 654. The minimum Gasteiger partial charge on any atom is -0.336 e. The molecule has 1 N–H and O–H groups in total. The predicted molar refractivity (Wildman–Crippen MR) is 62.3 cm³/mol. The highest BCUT2D eigenvalue weighted by molar-refractivity contribution is 7.09. The first-order valence-corrected chi connectivity index (χ1v) is 5.63.